The Morgan fingerprint density at radius 1 is 1.25 bits per heavy atom. The van der Waals surface area contributed by atoms with Crippen molar-refractivity contribution < 1.29 is 4.79 Å². The largest absolute Gasteiger partial charge is 0.304 e. The van der Waals surface area contributed by atoms with Crippen molar-refractivity contribution in [2.75, 3.05) is 19.6 Å². The van der Waals surface area contributed by atoms with E-state index in [4.69, 9.17) is 0 Å². The van der Waals surface area contributed by atoms with Crippen LogP contribution in [0.1, 0.15) is 33.6 Å². The van der Waals surface area contributed by atoms with Crippen LogP contribution in [-0.2, 0) is 4.79 Å². The zero-order valence-corrected chi connectivity index (χ0v) is 9.12. The number of ketones is 1. The molecule has 0 rings (SSSR count). The van der Waals surface area contributed by atoms with Gasteiger partial charge < -0.3 is 9.69 Å². The minimum absolute atomic E-state index is 0. The number of nitrogens with zero attached hydrogens (tertiary/aromatic N) is 1. The highest BCUT2D eigenvalue weighted by atomic mass is 35.5. The summed E-state index contributed by atoms with van der Waals surface area (Å²) in [5.41, 5.74) is 0. The molecule has 0 atom stereocenters. The molecule has 0 aromatic heterocycles. The van der Waals surface area contributed by atoms with Crippen LogP contribution in [0.3, 0.4) is 0 Å². The smallest absolute Gasteiger partial charge is 0.129 e. The summed E-state index contributed by atoms with van der Waals surface area (Å²) < 4.78 is 0. The maximum Gasteiger partial charge on any atom is 0.129 e. The summed E-state index contributed by atoms with van der Waals surface area (Å²) in [6.07, 6.45) is 1.74. The highest BCUT2D eigenvalue weighted by molar-refractivity contribution is 5.85. The van der Waals surface area contributed by atoms with E-state index in [2.05, 4.69) is 18.7 Å². The van der Waals surface area contributed by atoms with Gasteiger partial charge in [-0.2, -0.15) is 0 Å². The van der Waals surface area contributed by atoms with Crippen LogP contribution in [0.2, 0.25) is 0 Å². The second kappa shape index (κ2) is 9.01. The first-order valence-electron chi connectivity index (χ1n) is 4.42. The van der Waals surface area contributed by atoms with Crippen molar-refractivity contribution in [1.82, 2.24) is 4.90 Å². The fourth-order valence-electron chi connectivity index (χ4n) is 1.09. The van der Waals surface area contributed by atoms with Crippen LogP contribution in [-0.4, -0.2) is 30.3 Å². The van der Waals surface area contributed by atoms with Gasteiger partial charge in [0.25, 0.3) is 0 Å². The summed E-state index contributed by atoms with van der Waals surface area (Å²) in [5.74, 6) is 0.303. The first-order valence-corrected chi connectivity index (χ1v) is 4.42. The Bertz CT molecular complexity index is 113. The quantitative estimate of drug-likeness (QED) is 0.644. The number of Topliss-reactive ketones (excluding diaryl/α,β-unsaturated/α-hetero) is 1. The van der Waals surface area contributed by atoms with Gasteiger partial charge in [0.2, 0.25) is 0 Å². The van der Waals surface area contributed by atoms with E-state index in [1.165, 1.54) is 0 Å². The number of hydrogen-bond acceptors (Lipinski definition) is 2. The first-order chi connectivity index (χ1) is 5.20. The van der Waals surface area contributed by atoms with Gasteiger partial charge in [-0.15, -0.1) is 12.4 Å². The molecule has 0 aliphatic rings. The van der Waals surface area contributed by atoms with Crippen molar-refractivity contribution >= 4 is 18.2 Å². The van der Waals surface area contributed by atoms with Gasteiger partial charge in [0.05, 0.1) is 0 Å². The van der Waals surface area contributed by atoms with Gasteiger partial charge in [-0.05, 0) is 33.0 Å². The van der Waals surface area contributed by atoms with E-state index in [-0.39, 0.29) is 12.4 Å². The normalized spacial score (nSPS) is 9.67. The second-order valence-electron chi connectivity index (χ2n) is 2.83. The molecule has 2 nitrogen and oxygen atoms in total. The van der Waals surface area contributed by atoms with Gasteiger partial charge >= 0.3 is 0 Å². The van der Waals surface area contributed by atoms with E-state index in [1.807, 2.05) is 0 Å². The topological polar surface area (TPSA) is 20.3 Å². The molecule has 74 valence electrons. The third-order valence-electron chi connectivity index (χ3n) is 1.90. The number of carbonyl (C=O) groups is 1. The first kappa shape index (κ1) is 14.4. The lowest BCUT2D eigenvalue weighted by atomic mass is 10.2. The monoisotopic (exact) mass is 193 g/mol. The SMILES string of the molecule is CCN(CC)CCCC(C)=O.Cl. The van der Waals surface area contributed by atoms with Crippen LogP contribution in [0.5, 0.6) is 0 Å². The van der Waals surface area contributed by atoms with Gasteiger partial charge in [-0.3, -0.25) is 0 Å². The average molecular weight is 194 g/mol. The summed E-state index contributed by atoms with van der Waals surface area (Å²) in [4.78, 5) is 12.9. The van der Waals surface area contributed by atoms with Crippen molar-refractivity contribution in [1.29, 1.82) is 0 Å². The lowest BCUT2D eigenvalue weighted by molar-refractivity contribution is -0.117. The lowest BCUT2D eigenvalue weighted by Crippen LogP contribution is -2.24. The molecule has 0 radical (unpaired) electrons. The standard InChI is InChI=1S/C9H19NO.ClH/c1-4-10(5-2)8-6-7-9(3)11;/h4-8H2,1-3H3;1H. The van der Waals surface area contributed by atoms with Crippen LogP contribution in [0, 0.1) is 0 Å². The molecule has 0 saturated carbocycles. The average Bonchev–Trinajstić information content (AvgIpc) is 1.98. The molecule has 0 aliphatic heterocycles. The maximum absolute atomic E-state index is 10.6. The van der Waals surface area contributed by atoms with E-state index in [9.17, 15) is 4.79 Å². The summed E-state index contributed by atoms with van der Waals surface area (Å²) >= 11 is 0. The van der Waals surface area contributed by atoms with Crippen LogP contribution < -0.4 is 0 Å². The third-order valence-corrected chi connectivity index (χ3v) is 1.90. The number of hydrogen-bond donors (Lipinski definition) is 0. The van der Waals surface area contributed by atoms with E-state index < -0.39 is 0 Å². The molecule has 12 heavy (non-hydrogen) atoms. The fraction of sp³-hybridized carbons (Fsp3) is 0.889. The van der Waals surface area contributed by atoms with Gasteiger partial charge in [-0.25, -0.2) is 0 Å². The summed E-state index contributed by atoms with van der Waals surface area (Å²) in [5, 5.41) is 0. The van der Waals surface area contributed by atoms with E-state index >= 15 is 0 Å². The van der Waals surface area contributed by atoms with Crippen LogP contribution in [0.15, 0.2) is 0 Å². The molecule has 0 heterocycles. The Hall–Kier alpha value is -0.0800. The molecule has 0 saturated heterocycles. The zero-order valence-electron chi connectivity index (χ0n) is 8.30. The maximum atomic E-state index is 10.6. The highest BCUT2D eigenvalue weighted by Gasteiger charge is 1.99. The number of carbonyl (C=O) groups excluding carboxylic acids is 1. The summed E-state index contributed by atoms with van der Waals surface area (Å²) in [6, 6.07) is 0. The van der Waals surface area contributed by atoms with E-state index in [0.29, 0.717) is 5.78 Å². The van der Waals surface area contributed by atoms with E-state index in [1.54, 1.807) is 6.92 Å². The van der Waals surface area contributed by atoms with Gasteiger partial charge in [0, 0.05) is 6.42 Å². The summed E-state index contributed by atoms with van der Waals surface area (Å²) in [6.45, 7) is 9.20. The van der Waals surface area contributed by atoms with Gasteiger partial charge in [0.15, 0.2) is 0 Å². The Kier molecular flexibility index (Phi) is 10.8. The van der Waals surface area contributed by atoms with Crippen molar-refractivity contribution in [3.05, 3.63) is 0 Å². The van der Waals surface area contributed by atoms with E-state index in [0.717, 1.165) is 32.5 Å². The molecule has 0 amide bonds. The molecule has 0 fully saturated rings. The number of halogens is 1. The molecule has 0 aliphatic carbocycles. The molecule has 0 bridgehead atoms. The molecule has 0 N–H and O–H groups in total. The molecular weight excluding hydrogens is 174 g/mol. The Morgan fingerprint density at radius 3 is 2.08 bits per heavy atom. The lowest BCUT2D eigenvalue weighted by Gasteiger charge is -2.16. The minimum atomic E-state index is 0. The second-order valence-corrected chi connectivity index (χ2v) is 2.83. The van der Waals surface area contributed by atoms with Crippen LogP contribution in [0.25, 0.3) is 0 Å². The van der Waals surface area contributed by atoms with Gasteiger partial charge in [-0.1, -0.05) is 13.8 Å². The molecule has 0 spiro atoms. The number of rotatable bonds is 6. The zero-order chi connectivity index (χ0) is 8.69. The molecule has 0 aromatic rings. The van der Waals surface area contributed by atoms with Crippen molar-refractivity contribution in [2.45, 2.75) is 33.6 Å². The van der Waals surface area contributed by atoms with Crippen molar-refractivity contribution in [3.63, 3.8) is 0 Å². The molecular formula is C9H20ClNO. The highest BCUT2D eigenvalue weighted by Crippen LogP contribution is 1.95. The Balaban J connectivity index is 0. The molecule has 0 aromatic carbocycles. The van der Waals surface area contributed by atoms with Crippen molar-refractivity contribution in [3.8, 4) is 0 Å². The fourth-order valence-corrected chi connectivity index (χ4v) is 1.09. The summed E-state index contributed by atoms with van der Waals surface area (Å²) in [7, 11) is 0. The molecule has 0 unspecified atom stereocenters. The van der Waals surface area contributed by atoms with Crippen LogP contribution in [0.4, 0.5) is 0 Å². The van der Waals surface area contributed by atoms with Crippen molar-refractivity contribution in [2.24, 2.45) is 0 Å². The Labute approximate surface area is 81.7 Å². The predicted molar refractivity (Wildman–Crippen MR) is 55.0 cm³/mol. The molecule has 3 heteroatoms. The predicted octanol–water partition coefficient (Wildman–Crippen LogP) is 2.12. The van der Waals surface area contributed by atoms with Gasteiger partial charge in [0.1, 0.15) is 5.78 Å². The Morgan fingerprint density at radius 2 is 1.75 bits per heavy atom. The van der Waals surface area contributed by atoms with Crippen LogP contribution >= 0.6 is 12.4 Å². The third kappa shape index (κ3) is 8.02. The minimum Gasteiger partial charge on any atom is -0.304 e.